The SMILES string of the molecule is Cc1ccnn1-c1ccc(C(=O)NCC(=O)N[C@@H](CC(C)C)C(=O)O)cc1. The van der Waals surface area contributed by atoms with Crippen LogP contribution < -0.4 is 10.6 Å². The summed E-state index contributed by atoms with van der Waals surface area (Å²) < 4.78 is 1.75. The molecule has 0 bridgehead atoms. The number of carbonyl (C=O) groups excluding carboxylic acids is 2. The molecule has 2 aromatic rings. The van der Waals surface area contributed by atoms with Crippen molar-refractivity contribution in [3.8, 4) is 5.69 Å². The summed E-state index contributed by atoms with van der Waals surface area (Å²) in [6.45, 7) is 5.38. The third kappa shape index (κ3) is 5.67. The lowest BCUT2D eigenvalue weighted by Crippen LogP contribution is -2.46. The number of aliphatic carboxylic acids is 1. The van der Waals surface area contributed by atoms with Gasteiger partial charge in [0, 0.05) is 17.5 Å². The number of amides is 2. The molecule has 8 nitrogen and oxygen atoms in total. The van der Waals surface area contributed by atoms with E-state index in [1.807, 2.05) is 26.8 Å². The minimum absolute atomic E-state index is 0.123. The van der Waals surface area contributed by atoms with E-state index in [0.717, 1.165) is 11.4 Å². The predicted octanol–water partition coefficient (Wildman–Crippen LogP) is 1.53. The van der Waals surface area contributed by atoms with E-state index in [2.05, 4.69) is 15.7 Å². The molecular weight excluding hydrogens is 348 g/mol. The maximum atomic E-state index is 12.2. The van der Waals surface area contributed by atoms with Gasteiger partial charge in [-0.1, -0.05) is 13.8 Å². The number of aryl methyl sites for hydroxylation is 1. The number of hydrogen-bond donors (Lipinski definition) is 3. The third-order valence-electron chi connectivity index (χ3n) is 3.96. The zero-order valence-electron chi connectivity index (χ0n) is 15.6. The van der Waals surface area contributed by atoms with Crippen molar-refractivity contribution in [1.82, 2.24) is 20.4 Å². The zero-order valence-corrected chi connectivity index (χ0v) is 15.6. The van der Waals surface area contributed by atoms with E-state index in [4.69, 9.17) is 5.11 Å². The fourth-order valence-electron chi connectivity index (χ4n) is 2.59. The van der Waals surface area contributed by atoms with E-state index in [9.17, 15) is 14.4 Å². The second-order valence-corrected chi connectivity index (χ2v) is 6.70. The molecular formula is C19H24N4O4. The third-order valence-corrected chi connectivity index (χ3v) is 3.96. The van der Waals surface area contributed by atoms with Crippen LogP contribution in [0.15, 0.2) is 36.5 Å². The van der Waals surface area contributed by atoms with Gasteiger partial charge in [-0.15, -0.1) is 0 Å². The van der Waals surface area contributed by atoms with Crippen molar-refractivity contribution >= 4 is 17.8 Å². The van der Waals surface area contributed by atoms with Gasteiger partial charge in [0.25, 0.3) is 5.91 Å². The average molecular weight is 372 g/mol. The highest BCUT2D eigenvalue weighted by Crippen LogP contribution is 2.11. The molecule has 2 rings (SSSR count). The first-order valence-corrected chi connectivity index (χ1v) is 8.69. The number of nitrogens with one attached hydrogen (secondary N) is 2. The van der Waals surface area contributed by atoms with Gasteiger partial charge in [-0.25, -0.2) is 9.48 Å². The molecule has 1 heterocycles. The van der Waals surface area contributed by atoms with Gasteiger partial charge < -0.3 is 15.7 Å². The van der Waals surface area contributed by atoms with E-state index in [0.29, 0.717) is 12.0 Å². The average Bonchev–Trinajstić information content (AvgIpc) is 3.04. The van der Waals surface area contributed by atoms with Crippen molar-refractivity contribution in [2.24, 2.45) is 5.92 Å². The van der Waals surface area contributed by atoms with Crippen molar-refractivity contribution < 1.29 is 19.5 Å². The standard InChI is InChI=1S/C19H24N4O4/c1-12(2)10-16(19(26)27)22-17(24)11-20-18(25)14-4-6-15(7-5-14)23-13(3)8-9-21-23/h4-9,12,16H,10-11H2,1-3H3,(H,20,25)(H,22,24)(H,26,27)/t16-/m0/s1. The molecule has 0 saturated carbocycles. The molecule has 0 unspecified atom stereocenters. The number of carbonyl (C=O) groups is 3. The maximum Gasteiger partial charge on any atom is 0.326 e. The Morgan fingerprint density at radius 2 is 1.81 bits per heavy atom. The first kappa shape index (κ1) is 20.2. The van der Waals surface area contributed by atoms with E-state index in [1.54, 1.807) is 35.1 Å². The van der Waals surface area contributed by atoms with Gasteiger partial charge in [0.2, 0.25) is 5.91 Å². The van der Waals surface area contributed by atoms with Crippen LogP contribution in [0.25, 0.3) is 5.69 Å². The van der Waals surface area contributed by atoms with Crippen molar-refractivity contribution in [1.29, 1.82) is 0 Å². The highest BCUT2D eigenvalue weighted by molar-refractivity contribution is 5.97. The van der Waals surface area contributed by atoms with Crippen LogP contribution in [0.5, 0.6) is 0 Å². The molecule has 8 heteroatoms. The lowest BCUT2D eigenvalue weighted by atomic mass is 10.0. The molecule has 0 aliphatic rings. The number of aromatic nitrogens is 2. The molecule has 27 heavy (non-hydrogen) atoms. The topological polar surface area (TPSA) is 113 Å². The quantitative estimate of drug-likeness (QED) is 0.650. The Balaban J connectivity index is 1.90. The van der Waals surface area contributed by atoms with Gasteiger partial charge in [0.1, 0.15) is 6.04 Å². The van der Waals surface area contributed by atoms with Crippen LogP contribution in [0.1, 0.15) is 36.3 Å². The van der Waals surface area contributed by atoms with Crippen LogP contribution in [0.4, 0.5) is 0 Å². The number of rotatable bonds is 8. The summed E-state index contributed by atoms with van der Waals surface area (Å²) >= 11 is 0. The van der Waals surface area contributed by atoms with E-state index in [1.165, 1.54) is 0 Å². The second kappa shape index (κ2) is 8.98. The predicted molar refractivity (Wildman–Crippen MR) is 99.7 cm³/mol. The molecule has 144 valence electrons. The van der Waals surface area contributed by atoms with Gasteiger partial charge in [0.05, 0.1) is 12.2 Å². The number of hydrogen-bond acceptors (Lipinski definition) is 4. The molecule has 0 aliphatic carbocycles. The molecule has 1 atom stereocenters. The Morgan fingerprint density at radius 1 is 1.15 bits per heavy atom. The van der Waals surface area contributed by atoms with Crippen molar-refractivity contribution in [2.45, 2.75) is 33.2 Å². The Bertz CT molecular complexity index is 811. The maximum absolute atomic E-state index is 12.2. The summed E-state index contributed by atoms with van der Waals surface area (Å²) in [5.41, 5.74) is 2.19. The summed E-state index contributed by atoms with van der Waals surface area (Å²) in [6, 6.07) is 7.72. The monoisotopic (exact) mass is 372 g/mol. The Hall–Kier alpha value is -3.16. The summed E-state index contributed by atoms with van der Waals surface area (Å²) in [5.74, 6) is -1.92. The Morgan fingerprint density at radius 3 is 2.33 bits per heavy atom. The van der Waals surface area contributed by atoms with Gasteiger partial charge in [0.15, 0.2) is 0 Å². The van der Waals surface area contributed by atoms with E-state index >= 15 is 0 Å². The highest BCUT2D eigenvalue weighted by Gasteiger charge is 2.21. The zero-order chi connectivity index (χ0) is 20.0. The minimum atomic E-state index is -1.09. The second-order valence-electron chi connectivity index (χ2n) is 6.70. The molecule has 1 aromatic heterocycles. The lowest BCUT2D eigenvalue weighted by Gasteiger charge is -2.16. The number of carboxylic acids is 1. The molecule has 3 N–H and O–H groups in total. The largest absolute Gasteiger partial charge is 0.480 e. The van der Waals surface area contributed by atoms with Gasteiger partial charge >= 0.3 is 5.97 Å². The van der Waals surface area contributed by atoms with Crippen molar-refractivity contribution in [3.63, 3.8) is 0 Å². The van der Waals surface area contributed by atoms with Gasteiger partial charge in [-0.2, -0.15) is 5.10 Å². The molecule has 0 radical (unpaired) electrons. The van der Waals surface area contributed by atoms with Crippen molar-refractivity contribution in [3.05, 3.63) is 47.8 Å². The molecule has 2 amide bonds. The van der Waals surface area contributed by atoms with Crippen LogP contribution in [0, 0.1) is 12.8 Å². The van der Waals surface area contributed by atoms with E-state index in [-0.39, 0.29) is 12.5 Å². The Labute approximate surface area is 157 Å². The smallest absolute Gasteiger partial charge is 0.326 e. The number of benzene rings is 1. The van der Waals surface area contributed by atoms with Crippen LogP contribution in [0.3, 0.4) is 0 Å². The van der Waals surface area contributed by atoms with Gasteiger partial charge in [-0.3, -0.25) is 9.59 Å². The molecule has 0 saturated heterocycles. The fourth-order valence-corrected chi connectivity index (χ4v) is 2.59. The Kier molecular flexibility index (Phi) is 6.70. The lowest BCUT2D eigenvalue weighted by molar-refractivity contribution is -0.142. The molecule has 0 aliphatic heterocycles. The van der Waals surface area contributed by atoms with Crippen molar-refractivity contribution in [2.75, 3.05) is 6.54 Å². The van der Waals surface area contributed by atoms with Crippen LogP contribution in [0.2, 0.25) is 0 Å². The summed E-state index contributed by atoms with van der Waals surface area (Å²) in [6.07, 6.45) is 2.02. The van der Waals surface area contributed by atoms with Crippen LogP contribution in [-0.4, -0.2) is 45.3 Å². The molecule has 0 fully saturated rings. The first-order valence-electron chi connectivity index (χ1n) is 8.69. The normalized spacial score (nSPS) is 11.9. The molecule has 0 spiro atoms. The molecule has 1 aromatic carbocycles. The minimum Gasteiger partial charge on any atom is -0.480 e. The first-order chi connectivity index (χ1) is 12.8. The summed E-state index contributed by atoms with van der Waals surface area (Å²) in [5, 5.41) is 18.3. The van der Waals surface area contributed by atoms with E-state index < -0.39 is 23.8 Å². The summed E-state index contributed by atoms with van der Waals surface area (Å²) in [4.78, 5) is 35.3. The summed E-state index contributed by atoms with van der Waals surface area (Å²) in [7, 11) is 0. The highest BCUT2D eigenvalue weighted by atomic mass is 16.4. The van der Waals surface area contributed by atoms with Gasteiger partial charge in [-0.05, 0) is 49.6 Å². The van der Waals surface area contributed by atoms with Crippen LogP contribution in [-0.2, 0) is 9.59 Å². The fraction of sp³-hybridized carbons (Fsp3) is 0.368. The van der Waals surface area contributed by atoms with Crippen LogP contribution >= 0.6 is 0 Å². The number of nitrogens with zero attached hydrogens (tertiary/aromatic N) is 2. The number of carboxylic acid groups (broad SMARTS) is 1.